The second-order valence-corrected chi connectivity index (χ2v) is 8.88. The average Bonchev–Trinajstić information content (AvgIpc) is 2.81. The Hall–Kier alpha value is -1.36. The smallest absolute Gasteiger partial charge is 0.242 e. The van der Waals surface area contributed by atoms with Gasteiger partial charge in [0.1, 0.15) is 0 Å². The molecule has 4 aliphatic rings. The highest BCUT2D eigenvalue weighted by Crippen LogP contribution is 2.40. The van der Waals surface area contributed by atoms with Gasteiger partial charge >= 0.3 is 0 Å². The minimum absolute atomic E-state index is 0.0804. The SMILES string of the molecule is Cn1cc(C2[NH+]3CC4(C)C[NH+]2CC(C)(C3)C4O)c2ccccc21. The summed E-state index contributed by atoms with van der Waals surface area (Å²) in [6.45, 7) is 8.99. The molecule has 1 aromatic heterocycles. The molecule has 2 aromatic rings. The number of para-hydroxylation sites is 1. The molecular formula is C19H27N3O+2. The van der Waals surface area contributed by atoms with Gasteiger partial charge in [-0.1, -0.05) is 18.2 Å². The highest BCUT2D eigenvalue weighted by Gasteiger charge is 2.68. The van der Waals surface area contributed by atoms with Crippen LogP contribution in [0.1, 0.15) is 25.6 Å². The van der Waals surface area contributed by atoms with Crippen LogP contribution in [0.2, 0.25) is 0 Å². The molecule has 0 spiro atoms. The van der Waals surface area contributed by atoms with Crippen molar-refractivity contribution in [2.75, 3.05) is 26.2 Å². The zero-order chi connectivity index (χ0) is 16.0. The van der Waals surface area contributed by atoms with Crippen molar-refractivity contribution < 1.29 is 14.9 Å². The Kier molecular flexibility index (Phi) is 2.55. The molecular weight excluding hydrogens is 286 g/mol. The van der Waals surface area contributed by atoms with Gasteiger partial charge in [-0.3, -0.25) is 9.80 Å². The monoisotopic (exact) mass is 313 g/mol. The van der Waals surface area contributed by atoms with Gasteiger partial charge < -0.3 is 9.67 Å². The lowest BCUT2D eigenvalue weighted by Crippen LogP contribution is -3.41. The first-order valence-electron chi connectivity index (χ1n) is 8.83. The van der Waals surface area contributed by atoms with E-state index in [1.165, 1.54) is 16.5 Å². The predicted octanol–water partition coefficient (Wildman–Crippen LogP) is -0.639. The van der Waals surface area contributed by atoms with Crippen molar-refractivity contribution in [3.05, 3.63) is 36.0 Å². The molecule has 4 saturated heterocycles. The van der Waals surface area contributed by atoms with Gasteiger partial charge in [0.25, 0.3) is 0 Å². The summed E-state index contributed by atoms with van der Waals surface area (Å²) in [5.74, 6) is 0. The van der Waals surface area contributed by atoms with Crippen LogP contribution >= 0.6 is 0 Å². The van der Waals surface area contributed by atoms with E-state index in [0.29, 0.717) is 6.17 Å². The number of aromatic nitrogens is 1. The zero-order valence-electron chi connectivity index (χ0n) is 14.3. The Morgan fingerprint density at radius 1 is 1.04 bits per heavy atom. The first-order chi connectivity index (χ1) is 10.9. The molecule has 4 aliphatic heterocycles. The summed E-state index contributed by atoms with van der Waals surface area (Å²) in [5, 5.41) is 12.3. The first-order valence-corrected chi connectivity index (χ1v) is 8.83. The number of piperidine rings is 2. The van der Waals surface area contributed by atoms with Crippen LogP contribution in [0.3, 0.4) is 0 Å². The van der Waals surface area contributed by atoms with E-state index in [0.717, 1.165) is 26.2 Å². The molecule has 4 nitrogen and oxygen atoms in total. The first kappa shape index (κ1) is 14.0. The van der Waals surface area contributed by atoms with Crippen LogP contribution in [-0.2, 0) is 7.05 Å². The van der Waals surface area contributed by atoms with Gasteiger partial charge in [-0.2, -0.15) is 0 Å². The third-order valence-electron chi connectivity index (χ3n) is 6.90. The lowest BCUT2D eigenvalue weighted by molar-refractivity contribution is -1.19. The van der Waals surface area contributed by atoms with Crippen molar-refractivity contribution >= 4 is 10.9 Å². The zero-order valence-corrected chi connectivity index (χ0v) is 14.3. The van der Waals surface area contributed by atoms with Gasteiger partial charge in [-0.15, -0.1) is 0 Å². The molecule has 0 atom stereocenters. The van der Waals surface area contributed by atoms with Crippen LogP contribution in [0.4, 0.5) is 0 Å². The number of nitrogens with zero attached hydrogens (tertiary/aromatic N) is 1. The number of rotatable bonds is 1. The van der Waals surface area contributed by atoms with Crippen LogP contribution in [0.15, 0.2) is 30.5 Å². The number of benzene rings is 1. The summed E-state index contributed by atoms with van der Waals surface area (Å²) in [6.07, 6.45) is 2.73. The van der Waals surface area contributed by atoms with Gasteiger partial charge in [0, 0.05) is 24.1 Å². The van der Waals surface area contributed by atoms with Crippen molar-refractivity contribution in [1.29, 1.82) is 0 Å². The summed E-state index contributed by atoms with van der Waals surface area (Å²) >= 11 is 0. The third-order valence-corrected chi connectivity index (χ3v) is 6.90. The van der Waals surface area contributed by atoms with E-state index >= 15 is 0 Å². The van der Waals surface area contributed by atoms with Gasteiger partial charge in [0.15, 0.2) is 0 Å². The van der Waals surface area contributed by atoms with Gasteiger partial charge in [-0.05, 0) is 19.9 Å². The Morgan fingerprint density at radius 2 is 1.61 bits per heavy atom. The number of nitrogens with one attached hydrogen (secondary N) is 2. The van der Waals surface area contributed by atoms with Crippen molar-refractivity contribution in [1.82, 2.24) is 4.57 Å². The van der Waals surface area contributed by atoms with E-state index in [9.17, 15) is 5.11 Å². The molecule has 5 heterocycles. The fourth-order valence-electron chi connectivity index (χ4n) is 6.29. The van der Waals surface area contributed by atoms with Crippen molar-refractivity contribution in [2.45, 2.75) is 26.1 Å². The second-order valence-electron chi connectivity index (χ2n) is 8.88. The van der Waals surface area contributed by atoms with Crippen molar-refractivity contribution in [3.63, 3.8) is 0 Å². The number of fused-ring (bicyclic) bond motifs is 1. The van der Waals surface area contributed by atoms with Crippen LogP contribution in [0, 0.1) is 10.8 Å². The number of hydrogen-bond donors (Lipinski definition) is 3. The van der Waals surface area contributed by atoms with Crippen molar-refractivity contribution in [3.8, 4) is 0 Å². The molecule has 0 amide bonds. The fraction of sp³-hybridized carbons (Fsp3) is 0.579. The average molecular weight is 313 g/mol. The van der Waals surface area contributed by atoms with E-state index in [-0.39, 0.29) is 16.9 Å². The number of aryl methyl sites for hydroxylation is 1. The normalized spacial score (nSPS) is 45.0. The van der Waals surface area contributed by atoms with Crippen molar-refractivity contribution in [2.24, 2.45) is 17.9 Å². The topological polar surface area (TPSA) is 34.0 Å². The number of hydrogen-bond acceptors (Lipinski definition) is 1. The Morgan fingerprint density at radius 3 is 2.22 bits per heavy atom. The minimum Gasteiger partial charge on any atom is -0.391 e. The van der Waals surface area contributed by atoms with Crippen LogP contribution in [0.5, 0.6) is 0 Å². The fourth-order valence-corrected chi connectivity index (χ4v) is 6.29. The molecule has 4 bridgehead atoms. The van der Waals surface area contributed by atoms with Crippen LogP contribution < -0.4 is 9.80 Å². The summed E-state index contributed by atoms with van der Waals surface area (Å²) in [6, 6.07) is 8.77. The van der Waals surface area contributed by atoms with E-state index < -0.39 is 0 Å². The molecule has 4 fully saturated rings. The van der Waals surface area contributed by atoms with Gasteiger partial charge in [0.2, 0.25) is 6.17 Å². The van der Waals surface area contributed by atoms with E-state index in [1.54, 1.807) is 9.80 Å². The second kappa shape index (κ2) is 4.18. The lowest BCUT2D eigenvalue weighted by Gasteiger charge is -2.62. The molecule has 0 radical (unpaired) electrons. The third kappa shape index (κ3) is 1.66. The maximum absolute atomic E-state index is 10.8. The summed E-state index contributed by atoms with van der Waals surface area (Å²) in [5.41, 5.74) is 2.98. The Bertz CT molecular complexity index is 757. The highest BCUT2D eigenvalue weighted by molar-refractivity contribution is 5.84. The van der Waals surface area contributed by atoms with Crippen LogP contribution in [-0.4, -0.2) is 42.0 Å². The highest BCUT2D eigenvalue weighted by atomic mass is 16.3. The summed E-state index contributed by atoms with van der Waals surface area (Å²) < 4.78 is 2.27. The number of aliphatic hydroxyl groups excluding tert-OH is 1. The van der Waals surface area contributed by atoms with E-state index in [1.807, 2.05) is 0 Å². The largest absolute Gasteiger partial charge is 0.391 e. The molecule has 0 saturated carbocycles. The Balaban J connectivity index is 1.64. The molecule has 23 heavy (non-hydrogen) atoms. The maximum atomic E-state index is 10.8. The predicted molar refractivity (Wildman–Crippen MR) is 89.3 cm³/mol. The standard InChI is InChI=1S/C19H25N3O/c1-18-9-21-11-19(2,17(18)23)12-22(10-18)16(21)14-8-20(3)15-7-5-4-6-13(14)15/h4-8,16-17,23H,9-12H2,1-3H3/p+2. The Labute approximate surface area is 137 Å². The molecule has 3 N–H and O–H groups in total. The summed E-state index contributed by atoms with van der Waals surface area (Å²) in [7, 11) is 2.16. The number of quaternary nitrogens is 2. The molecule has 6 rings (SSSR count). The molecule has 122 valence electrons. The molecule has 1 aromatic carbocycles. The number of aliphatic hydroxyl groups is 1. The lowest BCUT2D eigenvalue weighted by atomic mass is 9.60. The molecule has 4 heteroatoms. The van der Waals surface area contributed by atoms with Gasteiger partial charge in [0.05, 0.1) is 48.7 Å². The van der Waals surface area contributed by atoms with Crippen LogP contribution in [0.25, 0.3) is 10.9 Å². The molecule has 0 unspecified atom stereocenters. The maximum Gasteiger partial charge on any atom is 0.242 e. The summed E-state index contributed by atoms with van der Waals surface area (Å²) in [4.78, 5) is 3.34. The van der Waals surface area contributed by atoms with Gasteiger partial charge in [-0.25, -0.2) is 0 Å². The molecule has 0 aliphatic carbocycles. The quantitative estimate of drug-likeness (QED) is 0.643. The minimum atomic E-state index is -0.143. The van der Waals surface area contributed by atoms with E-state index in [4.69, 9.17) is 0 Å². The van der Waals surface area contributed by atoms with E-state index in [2.05, 4.69) is 55.9 Å².